The van der Waals surface area contributed by atoms with Gasteiger partial charge in [-0.3, -0.25) is 0 Å². The van der Waals surface area contributed by atoms with Gasteiger partial charge in [0.05, 0.1) is 6.10 Å². The van der Waals surface area contributed by atoms with Crippen LogP contribution in [0.25, 0.3) is 0 Å². The molecule has 31 heavy (non-hydrogen) atoms. The fourth-order valence-electron chi connectivity index (χ4n) is 9.21. The summed E-state index contributed by atoms with van der Waals surface area (Å²) in [4.78, 5) is 0. The van der Waals surface area contributed by atoms with E-state index in [0.29, 0.717) is 35.0 Å². The van der Waals surface area contributed by atoms with Crippen LogP contribution in [-0.2, 0) is 0 Å². The number of alkyl halides is 3. The Labute approximate surface area is 186 Å². The van der Waals surface area contributed by atoms with Gasteiger partial charge in [0.15, 0.2) is 0 Å². The summed E-state index contributed by atoms with van der Waals surface area (Å²) < 4.78 is 37.9. The van der Waals surface area contributed by atoms with E-state index in [0.717, 1.165) is 37.0 Å². The summed E-state index contributed by atoms with van der Waals surface area (Å²) in [5.41, 5.74) is 0.710. The van der Waals surface area contributed by atoms with Gasteiger partial charge in [0, 0.05) is 0 Å². The summed E-state index contributed by atoms with van der Waals surface area (Å²) in [5, 5.41) is 19.5. The molecule has 0 bridgehead atoms. The normalized spacial score (nSPS) is 47.2. The number of hydrogen-bond donors (Lipinski definition) is 2. The van der Waals surface area contributed by atoms with Gasteiger partial charge in [-0.25, -0.2) is 0 Å². The molecule has 180 valence electrons. The molecule has 2 nitrogen and oxygen atoms in total. The average Bonchev–Trinajstić information content (AvgIpc) is 3.05. The van der Waals surface area contributed by atoms with E-state index >= 15 is 0 Å². The summed E-state index contributed by atoms with van der Waals surface area (Å²) in [6.07, 6.45) is 5.02. The molecule has 4 aliphatic carbocycles. The Morgan fingerprint density at radius 2 is 1.58 bits per heavy atom. The van der Waals surface area contributed by atoms with Crippen molar-refractivity contribution in [3.8, 4) is 0 Å². The molecule has 4 saturated carbocycles. The second kappa shape index (κ2) is 8.49. The van der Waals surface area contributed by atoms with Crippen molar-refractivity contribution >= 4 is 0 Å². The second-order valence-electron chi connectivity index (χ2n) is 12.3. The highest BCUT2D eigenvalue weighted by Crippen LogP contribution is 2.68. The third kappa shape index (κ3) is 4.20. The predicted octanol–water partition coefficient (Wildman–Crippen LogP) is 6.74. The highest BCUT2D eigenvalue weighted by Gasteiger charge is 2.60. The van der Waals surface area contributed by atoms with Gasteiger partial charge in [-0.05, 0) is 111 Å². The maximum atomic E-state index is 12.6. The van der Waals surface area contributed by atoms with Crippen LogP contribution in [0.1, 0.15) is 97.8 Å². The SMILES string of the molecule is CC(CCCC(O)C(F)(F)F)[C@H]1CC[C@H]2[C@@H]3CC[C@H]4C[C@@H](O)CC[C@]4(C)[C@H]3CC[C@]12C. The van der Waals surface area contributed by atoms with Crippen LogP contribution in [0.2, 0.25) is 0 Å². The third-order valence-corrected chi connectivity index (χ3v) is 10.9. The fraction of sp³-hybridized carbons (Fsp3) is 1.00. The van der Waals surface area contributed by atoms with E-state index in [-0.39, 0.29) is 12.5 Å². The molecule has 2 N–H and O–H groups in total. The molecule has 4 rings (SSSR count). The van der Waals surface area contributed by atoms with E-state index in [2.05, 4.69) is 20.8 Å². The topological polar surface area (TPSA) is 40.5 Å². The van der Waals surface area contributed by atoms with Crippen LogP contribution >= 0.6 is 0 Å². The lowest BCUT2D eigenvalue weighted by Gasteiger charge is -2.61. The Morgan fingerprint density at radius 1 is 0.903 bits per heavy atom. The maximum absolute atomic E-state index is 12.6. The molecule has 0 radical (unpaired) electrons. The van der Waals surface area contributed by atoms with Crippen LogP contribution < -0.4 is 0 Å². The van der Waals surface area contributed by atoms with E-state index in [4.69, 9.17) is 0 Å². The molecule has 4 aliphatic rings. The minimum Gasteiger partial charge on any atom is -0.393 e. The zero-order valence-electron chi connectivity index (χ0n) is 19.6. The first-order chi connectivity index (χ1) is 14.5. The van der Waals surface area contributed by atoms with Crippen molar-refractivity contribution in [3.05, 3.63) is 0 Å². The lowest BCUT2D eigenvalue weighted by molar-refractivity contribution is -0.205. The molecule has 0 aromatic carbocycles. The molecule has 2 unspecified atom stereocenters. The minimum atomic E-state index is -4.49. The number of halogens is 3. The zero-order chi connectivity index (χ0) is 22.6. The molecule has 5 heteroatoms. The molecule has 0 heterocycles. The van der Waals surface area contributed by atoms with E-state index < -0.39 is 12.3 Å². The number of rotatable bonds is 5. The first kappa shape index (κ1) is 23.9. The molecule has 0 aromatic heterocycles. The van der Waals surface area contributed by atoms with Crippen LogP contribution in [0.4, 0.5) is 13.2 Å². The largest absolute Gasteiger partial charge is 0.414 e. The molecular weight excluding hydrogens is 401 g/mol. The monoisotopic (exact) mass is 444 g/mol. The van der Waals surface area contributed by atoms with Crippen LogP contribution in [0, 0.1) is 46.3 Å². The zero-order valence-corrected chi connectivity index (χ0v) is 19.6. The van der Waals surface area contributed by atoms with E-state index in [9.17, 15) is 23.4 Å². The van der Waals surface area contributed by atoms with Gasteiger partial charge in [0.25, 0.3) is 0 Å². The van der Waals surface area contributed by atoms with Crippen LogP contribution in [-0.4, -0.2) is 28.6 Å². The Balaban J connectivity index is 1.40. The number of aliphatic hydroxyl groups is 2. The van der Waals surface area contributed by atoms with Crippen molar-refractivity contribution in [3.63, 3.8) is 0 Å². The Kier molecular flexibility index (Phi) is 6.53. The summed E-state index contributed by atoms with van der Waals surface area (Å²) >= 11 is 0. The highest BCUT2D eigenvalue weighted by molar-refractivity contribution is 5.09. The molecule has 0 saturated heterocycles. The first-order valence-corrected chi connectivity index (χ1v) is 12.9. The second-order valence-corrected chi connectivity index (χ2v) is 12.3. The molecular formula is C26H43F3O2. The molecule has 0 aliphatic heterocycles. The summed E-state index contributed by atoms with van der Waals surface area (Å²) in [6.45, 7) is 7.25. The fourth-order valence-corrected chi connectivity index (χ4v) is 9.21. The molecule has 0 spiro atoms. The van der Waals surface area contributed by atoms with Crippen molar-refractivity contribution < 1.29 is 23.4 Å². The van der Waals surface area contributed by atoms with E-state index in [1.165, 1.54) is 44.9 Å². The highest BCUT2D eigenvalue weighted by atomic mass is 19.4. The molecule has 0 aromatic rings. The predicted molar refractivity (Wildman–Crippen MR) is 116 cm³/mol. The van der Waals surface area contributed by atoms with Crippen LogP contribution in [0.5, 0.6) is 0 Å². The van der Waals surface area contributed by atoms with E-state index in [1.54, 1.807) is 0 Å². The van der Waals surface area contributed by atoms with Gasteiger partial charge in [-0.1, -0.05) is 33.6 Å². The van der Waals surface area contributed by atoms with Crippen LogP contribution in [0.3, 0.4) is 0 Å². The van der Waals surface area contributed by atoms with Gasteiger partial charge < -0.3 is 10.2 Å². The molecule has 0 amide bonds. The lowest BCUT2D eigenvalue weighted by Crippen LogP contribution is -2.54. The smallest absolute Gasteiger partial charge is 0.393 e. The Bertz CT molecular complexity index is 637. The van der Waals surface area contributed by atoms with Crippen molar-refractivity contribution in [2.24, 2.45) is 46.3 Å². The minimum absolute atomic E-state index is 0.101. The summed E-state index contributed by atoms with van der Waals surface area (Å²) in [7, 11) is 0. The van der Waals surface area contributed by atoms with E-state index in [1.807, 2.05) is 0 Å². The third-order valence-electron chi connectivity index (χ3n) is 10.9. The van der Waals surface area contributed by atoms with Gasteiger partial charge >= 0.3 is 6.18 Å². The summed E-state index contributed by atoms with van der Waals surface area (Å²) in [6, 6.07) is 0. The van der Waals surface area contributed by atoms with Gasteiger partial charge in [0.1, 0.15) is 6.10 Å². The number of fused-ring (bicyclic) bond motifs is 5. The van der Waals surface area contributed by atoms with Crippen molar-refractivity contribution in [2.75, 3.05) is 0 Å². The lowest BCUT2D eigenvalue weighted by atomic mass is 9.44. The number of aliphatic hydroxyl groups excluding tert-OH is 2. The molecule has 10 atom stereocenters. The first-order valence-electron chi connectivity index (χ1n) is 12.9. The van der Waals surface area contributed by atoms with Gasteiger partial charge in [0.2, 0.25) is 0 Å². The standard InChI is InChI=1S/C26H43F3O2/c1-16(5-4-6-23(31)26(27,28)29)20-9-10-21-19-8-7-17-15-18(30)11-13-24(17,2)22(19)12-14-25(20,21)3/h16-23,30-31H,4-15H2,1-3H3/t16?,17-,18-,19-,20+,21-,22-,23?,24-,25+/m0/s1. The van der Waals surface area contributed by atoms with Crippen molar-refractivity contribution in [2.45, 2.75) is 116 Å². The van der Waals surface area contributed by atoms with Crippen molar-refractivity contribution in [1.82, 2.24) is 0 Å². The van der Waals surface area contributed by atoms with Gasteiger partial charge in [-0.2, -0.15) is 13.2 Å². The summed E-state index contributed by atoms with van der Waals surface area (Å²) in [5.74, 6) is 4.03. The van der Waals surface area contributed by atoms with Crippen molar-refractivity contribution in [1.29, 1.82) is 0 Å². The maximum Gasteiger partial charge on any atom is 0.414 e. The van der Waals surface area contributed by atoms with Gasteiger partial charge in [-0.15, -0.1) is 0 Å². The average molecular weight is 445 g/mol. The molecule has 4 fully saturated rings. The Morgan fingerprint density at radius 3 is 2.29 bits per heavy atom. The quantitative estimate of drug-likeness (QED) is 0.493. The Hall–Kier alpha value is -0.290. The number of hydrogen-bond acceptors (Lipinski definition) is 2. The van der Waals surface area contributed by atoms with Crippen LogP contribution in [0.15, 0.2) is 0 Å².